The monoisotopic (exact) mass is 138 g/mol. The van der Waals surface area contributed by atoms with Gasteiger partial charge in [0.2, 0.25) is 0 Å². The Morgan fingerprint density at radius 3 is 2.40 bits per heavy atom. The minimum Gasteiger partial charge on any atom is -0.431 e. The summed E-state index contributed by atoms with van der Waals surface area (Å²) in [5.41, 5.74) is 0.801. The van der Waals surface area contributed by atoms with Crippen LogP contribution in [0, 0.1) is 0 Å². The highest BCUT2D eigenvalue weighted by molar-refractivity contribution is 5.81. The molecule has 0 heterocycles. The first-order chi connectivity index (χ1) is 4.70. The lowest BCUT2D eigenvalue weighted by molar-refractivity contribution is -0.132. The summed E-state index contributed by atoms with van der Waals surface area (Å²) in [6, 6.07) is 0. The van der Waals surface area contributed by atoms with Crippen LogP contribution in [0.2, 0.25) is 0 Å². The van der Waals surface area contributed by atoms with Crippen molar-refractivity contribution in [1.29, 1.82) is 0 Å². The van der Waals surface area contributed by atoms with Gasteiger partial charge in [0.15, 0.2) is 0 Å². The van der Waals surface area contributed by atoms with Gasteiger partial charge in [0.25, 0.3) is 0 Å². The molecule has 0 N–H and O–H groups in total. The Hall–Kier alpha value is -1.31. The van der Waals surface area contributed by atoms with E-state index in [1.165, 1.54) is 6.26 Å². The van der Waals surface area contributed by atoms with Crippen LogP contribution in [0.5, 0.6) is 0 Å². The van der Waals surface area contributed by atoms with E-state index >= 15 is 0 Å². The van der Waals surface area contributed by atoms with E-state index in [2.05, 4.69) is 17.9 Å². The largest absolute Gasteiger partial charge is 0.431 e. The maximum atomic E-state index is 10.4. The lowest BCUT2D eigenvalue weighted by Crippen LogP contribution is -1.92. The lowest BCUT2D eigenvalue weighted by atomic mass is 10.3. The summed E-state index contributed by atoms with van der Waals surface area (Å²) in [7, 11) is 0. The predicted octanol–water partition coefficient (Wildman–Crippen LogP) is 1.81. The average molecular weight is 138 g/mol. The number of carbonyl (C=O) groups excluding carboxylic acids is 1. The fourth-order valence-corrected chi connectivity index (χ4v) is 0.247. The summed E-state index contributed by atoms with van der Waals surface area (Å²) < 4.78 is 4.55. The number of esters is 1. The Morgan fingerprint density at radius 1 is 1.40 bits per heavy atom. The molecular formula is C8H10O2. The zero-order valence-electron chi connectivity index (χ0n) is 5.96. The van der Waals surface area contributed by atoms with Gasteiger partial charge in [-0.1, -0.05) is 19.2 Å². The highest BCUT2D eigenvalue weighted by atomic mass is 16.5. The molecule has 10 heavy (non-hydrogen) atoms. The van der Waals surface area contributed by atoms with E-state index < -0.39 is 5.97 Å². The van der Waals surface area contributed by atoms with Crippen LogP contribution in [0.4, 0.5) is 0 Å². The maximum absolute atomic E-state index is 10.4. The molecule has 0 atom stereocenters. The topological polar surface area (TPSA) is 26.3 Å². The minimum absolute atomic E-state index is 0.457. The Morgan fingerprint density at radius 2 is 2.00 bits per heavy atom. The van der Waals surface area contributed by atoms with Crippen molar-refractivity contribution in [2.24, 2.45) is 0 Å². The molecule has 0 aliphatic rings. The Balaban J connectivity index is 3.82. The van der Waals surface area contributed by atoms with Gasteiger partial charge in [0.1, 0.15) is 0 Å². The molecule has 2 heteroatoms. The van der Waals surface area contributed by atoms with Crippen molar-refractivity contribution in [2.75, 3.05) is 0 Å². The van der Waals surface area contributed by atoms with Crippen LogP contribution in [0.3, 0.4) is 0 Å². The van der Waals surface area contributed by atoms with Gasteiger partial charge < -0.3 is 4.74 Å². The highest BCUT2D eigenvalue weighted by Crippen LogP contribution is 1.93. The summed E-state index contributed by atoms with van der Waals surface area (Å²) in [4.78, 5) is 10.4. The van der Waals surface area contributed by atoms with Crippen LogP contribution in [0.1, 0.15) is 6.92 Å². The van der Waals surface area contributed by atoms with E-state index in [0.717, 1.165) is 11.6 Å². The first kappa shape index (κ1) is 8.69. The first-order valence-corrected chi connectivity index (χ1v) is 2.83. The summed E-state index contributed by atoms with van der Waals surface area (Å²) in [5.74, 6) is -0.457. The van der Waals surface area contributed by atoms with Crippen molar-refractivity contribution >= 4 is 5.97 Å². The average Bonchev–Trinajstić information content (AvgIpc) is 1.99. The summed E-state index contributed by atoms with van der Waals surface area (Å²) in [5, 5.41) is 0. The number of carbonyl (C=O) groups is 1. The van der Waals surface area contributed by atoms with Crippen molar-refractivity contribution in [3.05, 3.63) is 37.1 Å². The van der Waals surface area contributed by atoms with Gasteiger partial charge in [-0.2, -0.15) is 0 Å². The second-order valence-electron chi connectivity index (χ2n) is 1.71. The smallest absolute Gasteiger partial charge is 0.334 e. The van der Waals surface area contributed by atoms with Gasteiger partial charge in [0, 0.05) is 6.08 Å². The van der Waals surface area contributed by atoms with Gasteiger partial charge in [-0.15, -0.1) is 0 Å². The molecular weight excluding hydrogens is 128 g/mol. The third-order valence-corrected chi connectivity index (χ3v) is 0.850. The van der Waals surface area contributed by atoms with Crippen molar-refractivity contribution < 1.29 is 9.53 Å². The van der Waals surface area contributed by atoms with E-state index in [1.807, 2.05) is 0 Å². The fourth-order valence-electron chi connectivity index (χ4n) is 0.247. The molecule has 0 rings (SSSR count). The molecule has 0 aromatic carbocycles. The molecule has 0 aliphatic carbocycles. The SMILES string of the molecule is C=CC(=O)O/C=C(\C)C=C. The quantitative estimate of drug-likeness (QED) is 0.257. The van der Waals surface area contributed by atoms with E-state index in [9.17, 15) is 4.79 Å². The number of hydrogen-bond acceptors (Lipinski definition) is 2. The molecule has 0 aliphatic heterocycles. The normalized spacial score (nSPS) is 10.3. The highest BCUT2D eigenvalue weighted by Gasteiger charge is 1.89. The molecule has 0 saturated carbocycles. The van der Waals surface area contributed by atoms with Crippen LogP contribution in [-0.2, 0) is 9.53 Å². The zero-order valence-corrected chi connectivity index (χ0v) is 5.96. The van der Waals surface area contributed by atoms with Gasteiger partial charge in [-0.05, 0) is 12.5 Å². The van der Waals surface area contributed by atoms with Crippen molar-refractivity contribution in [3.63, 3.8) is 0 Å². The van der Waals surface area contributed by atoms with E-state index in [0.29, 0.717) is 0 Å². The molecule has 0 aromatic heterocycles. The van der Waals surface area contributed by atoms with Crippen molar-refractivity contribution in [3.8, 4) is 0 Å². The molecule has 0 bridgehead atoms. The molecule has 0 amide bonds. The summed E-state index contributed by atoms with van der Waals surface area (Å²) in [6.45, 7) is 8.49. The zero-order chi connectivity index (χ0) is 7.98. The van der Waals surface area contributed by atoms with Crippen LogP contribution < -0.4 is 0 Å². The Bertz CT molecular complexity index is 178. The molecule has 0 unspecified atom stereocenters. The number of allylic oxidation sites excluding steroid dienone is 2. The maximum Gasteiger partial charge on any atom is 0.334 e. The third-order valence-electron chi connectivity index (χ3n) is 0.850. The van der Waals surface area contributed by atoms with Crippen molar-refractivity contribution in [2.45, 2.75) is 6.92 Å². The van der Waals surface area contributed by atoms with Crippen molar-refractivity contribution in [1.82, 2.24) is 0 Å². The Labute approximate surface area is 60.5 Å². The van der Waals surface area contributed by atoms with Gasteiger partial charge in [-0.25, -0.2) is 4.79 Å². The van der Waals surface area contributed by atoms with E-state index in [-0.39, 0.29) is 0 Å². The van der Waals surface area contributed by atoms with Crippen LogP contribution >= 0.6 is 0 Å². The molecule has 54 valence electrons. The summed E-state index contributed by atoms with van der Waals surface area (Å²) >= 11 is 0. The lowest BCUT2D eigenvalue weighted by Gasteiger charge is -1.92. The van der Waals surface area contributed by atoms with Gasteiger partial charge in [0.05, 0.1) is 6.26 Å². The number of ether oxygens (including phenoxy) is 1. The molecule has 0 fully saturated rings. The molecule has 2 nitrogen and oxygen atoms in total. The van der Waals surface area contributed by atoms with E-state index in [1.54, 1.807) is 13.0 Å². The summed E-state index contributed by atoms with van der Waals surface area (Å²) in [6.07, 6.45) is 4.03. The van der Waals surface area contributed by atoms with Crippen LogP contribution in [0.15, 0.2) is 37.1 Å². The second-order valence-corrected chi connectivity index (χ2v) is 1.71. The van der Waals surface area contributed by atoms with Crippen LogP contribution in [0.25, 0.3) is 0 Å². The van der Waals surface area contributed by atoms with E-state index in [4.69, 9.17) is 0 Å². The van der Waals surface area contributed by atoms with Gasteiger partial charge >= 0.3 is 5.97 Å². The molecule has 0 aromatic rings. The second kappa shape index (κ2) is 4.56. The number of rotatable bonds is 3. The first-order valence-electron chi connectivity index (χ1n) is 2.83. The van der Waals surface area contributed by atoms with Gasteiger partial charge in [-0.3, -0.25) is 0 Å². The number of hydrogen-bond donors (Lipinski definition) is 0. The molecule has 0 radical (unpaired) electrons. The third kappa shape index (κ3) is 3.66. The molecule has 0 saturated heterocycles. The standard InChI is InChI=1S/C8H10O2/c1-4-7(3)6-10-8(9)5-2/h4-6H,1-2H2,3H3/b7-6+. The van der Waals surface area contributed by atoms with Crippen LogP contribution in [-0.4, -0.2) is 5.97 Å². The Kier molecular flexibility index (Phi) is 3.96. The minimum atomic E-state index is -0.457. The fraction of sp³-hybridized carbons (Fsp3) is 0.125. The predicted molar refractivity (Wildman–Crippen MR) is 40.2 cm³/mol. The molecule has 0 spiro atoms.